The van der Waals surface area contributed by atoms with E-state index in [4.69, 9.17) is 20.4 Å². The van der Waals surface area contributed by atoms with Gasteiger partial charge in [0, 0.05) is 6.42 Å². The standard InChI is InChI=1S/C7H14O5/c1-2-4(9)6(11)7(12)5(10)3-8/h5-8,10-12H,2-3H2,1H3/t5?,6-,7?/m1/s1. The fraction of sp³-hybridized carbons (Fsp3) is 0.857. The van der Waals surface area contributed by atoms with Crippen LogP contribution < -0.4 is 0 Å². The zero-order chi connectivity index (χ0) is 9.72. The van der Waals surface area contributed by atoms with Crippen LogP contribution in [0.1, 0.15) is 13.3 Å². The summed E-state index contributed by atoms with van der Waals surface area (Å²) in [6, 6.07) is 0. The van der Waals surface area contributed by atoms with Crippen LogP contribution in [0.2, 0.25) is 0 Å². The number of hydrogen-bond donors (Lipinski definition) is 4. The van der Waals surface area contributed by atoms with Gasteiger partial charge in [-0.1, -0.05) is 6.92 Å². The minimum Gasteiger partial charge on any atom is -0.394 e. The van der Waals surface area contributed by atoms with E-state index in [9.17, 15) is 4.79 Å². The maximum absolute atomic E-state index is 10.8. The van der Waals surface area contributed by atoms with E-state index in [1.54, 1.807) is 0 Å². The summed E-state index contributed by atoms with van der Waals surface area (Å²) in [5.74, 6) is -0.560. The van der Waals surface area contributed by atoms with E-state index >= 15 is 0 Å². The summed E-state index contributed by atoms with van der Waals surface area (Å²) >= 11 is 0. The average Bonchev–Trinajstić information content (AvgIpc) is 2.12. The van der Waals surface area contributed by atoms with Gasteiger partial charge in [0.2, 0.25) is 0 Å². The summed E-state index contributed by atoms with van der Waals surface area (Å²) in [5.41, 5.74) is 0. The fourth-order valence-corrected chi connectivity index (χ4v) is 0.718. The molecule has 0 heterocycles. The molecule has 0 saturated heterocycles. The maximum atomic E-state index is 10.8. The molecular weight excluding hydrogens is 164 g/mol. The van der Waals surface area contributed by atoms with Crippen molar-refractivity contribution in [3.8, 4) is 0 Å². The molecule has 0 bridgehead atoms. The van der Waals surface area contributed by atoms with Crippen molar-refractivity contribution in [2.75, 3.05) is 6.61 Å². The van der Waals surface area contributed by atoms with Gasteiger partial charge in [0.15, 0.2) is 5.78 Å². The van der Waals surface area contributed by atoms with Crippen molar-refractivity contribution < 1.29 is 25.2 Å². The first-order valence-corrected chi connectivity index (χ1v) is 3.72. The first-order chi connectivity index (χ1) is 5.54. The number of hydrogen-bond acceptors (Lipinski definition) is 5. The Labute approximate surface area is 70.3 Å². The number of rotatable bonds is 5. The van der Waals surface area contributed by atoms with Gasteiger partial charge in [-0.25, -0.2) is 0 Å². The molecule has 5 heteroatoms. The zero-order valence-corrected chi connectivity index (χ0v) is 6.84. The van der Waals surface area contributed by atoms with Crippen LogP contribution >= 0.6 is 0 Å². The summed E-state index contributed by atoms with van der Waals surface area (Å²) in [4.78, 5) is 10.8. The number of ketones is 1. The van der Waals surface area contributed by atoms with Crippen molar-refractivity contribution in [2.24, 2.45) is 0 Å². The molecule has 0 aromatic heterocycles. The molecular formula is C7H14O5. The average molecular weight is 178 g/mol. The van der Waals surface area contributed by atoms with Crippen molar-refractivity contribution in [1.29, 1.82) is 0 Å². The summed E-state index contributed by atoms with van der Waals surface area (Å²) in [7, 11) is 0. The van der Waals surface area contributed by atoms with Crippen molar-refractivity contribution in [1.82, 2.24) is 0 Å². The Kier molecular flexibility index (Phi) is 5.00. The lowest BCUT2D eigenvalue weighted by atomic mass is 10.0. The molecule has 3 atom stereocenters. The molecule has 0 fully saturated rings. The quantitative estimate of drug-likeness (QED) is 0.392. The lowest BCUT2D eigenvalue weighted by Crippen LogP contribution is -2.43. The minimum atomic E-state index is -1.61. The number of aliphatic hydroxyl groups excluding tert-OH is 4. The molecule has 0 spiro atoms. The van der Waals surface area contributed by atoms with Gasteiger partial charge in [-0.15, -0.1) is 0 Å². The van der Waals surface area contributed by atoms with Gasteiger partial charge in [-0.2, -0.15) is 0 Å². The number of carbonyl (C=O) groups is 1. The lowest BCUT2D eigenvalue weighted by molar-refractivity contribution is -0.139. The number of Topliss-reactive ketones (excluding diaryl/α,β-unsaturated/α-hetero) is 1. The highest BCUT2D eigenvalue weighted by Crippen LogP contribution is 2.02. The van der Waals surface area contributed by atoms with E-state index in [1.807, 2.05) is 0 Å². The molecule has 72 valence electrons. The Morgan fingerprint density at radius 3 is 2.17 bits per heavy atom. The number of aliphatic hydroxyl groups is 4. The Morgan fingerprint density at radius 2 is 1.83 bits per heavy atom. The normalized spacial score (nSPS) is 18.4. The number of carbonyl (C=O) groups excluding carboxylic acids is 1. The molecule has 0 amide bonds. The molecule has 0 aliphatic heterocycles. The first-order valence-electron chi connectivity index (χ1n) is 3.72. The van der Waals surface area contributed by atoms with E-state index in [0.29, 0.717) is 0 Å². The second kappa shape index (κ2) is 5.21. The Bertz CT molecular complexity index is 147. The van der Waals surface area contributed by atoms with E-state index in [-0.39, 0.29) is 6.42 Å². The SMILES string of the molecule is CCC(=O)[C@@H](O)C(O)C(O)CO. The predicted molar refractivity (Wildman–Crippen MR) is 40.4 cm³/mol. The molecule has 4 N–H and O–H groups in total. The molecule has 0 aliphatic carbocycles. The maximum Gasteiger partial charge on any atom is 0.163 e. The Morgan fingerprint density at radius 1 is 1.33 bits per heavy atom. The zero-order valence-electron chi connectivity index (χ0n) is 6.84. The van der Waals surface area contributed by atoms with Crippen molar-refractivity contribution in [3.63, 3.8) is 0 Å². The highest BCUT2D eigenvalue weighted by atomic mass is 16.4. The predicted octanol–water partition coefficient (Wildman–Crippen LogP) is -1.96. The highest BCUT2D eigenvalue weighted by Gasteiger charge is 2.28. The van der Waals surface area contributed by atoms with Gasteiger partial charge in [-0.3, -0.25) is 4.79 Å². The molecule has 0 aromatic rings. The topological polar surface area (TPSA) is 98.0 Å². The van der Waals surface area contributed by atoms with Crippen molar-refractivity contribution >= 4 is 5.78 Å². The third kappa shape index (κ3) is 2.86. The van der Waals surface area contributed by atoms with Crippen LogP contribution in [0, 0.1) is 0 Å². The van der Waals surface area contributed by atoms with Gasteiger partial charge >= 0.3 is 0 Å². The van der Waals surface area contributed by atoms with Crippen LogP contribution in [-0.2, 0) is 4.79 Å². The van der Waals surface area contributed by atoms with Crippen LogP contribution in [0.15, 0.2) is 0 Å². The molecule has 0 aromatic carbocycles. The third-order valence-corrected chi connectivity index (χ3v) is 1.58. The molecule has 0 radical (unpaired) electrons. The first kappa shape index (κ1) is 11.5. The van der Waals surface area contributed by atoms with Gasteiger partial charge < -0.3 is 20.4 Å². The molecule has 12 heavy (non-hydrogen) atoms. The highest BCUT2D eigenvalue weighted by molar-refractivity contribution is 5.83. The molecule has 5 nitrogen and oxygen atoms in total. The molecule has 2 unspecified atom stereocenters. The van der Waals surface area contributed by atoms with Crippen molar-refractivity contribution in [2.45, 2.75) is 31.7 Å². The van der Waals surface area contributed by atoms with E-state index in [2.05, 4.69) is 0 Å². The third-order valence-electron chi connectivity index (χ3n) is 1.58. The second-order valence-electron chi connectivity index (χ2n) is 2.51. The Balaban J connectivity index is 4.08. The van der Waals surface area contributed by atoms with Crippen LogP contribution in [0.4, 0.5) is 0 Å². The molecule has 0 saturated carbocycles. The van der Waals surface area contributed by atoms with Crippen LogP contribution in [0.5, 0.6) is 0 Å². The second-order valence-corrected chi connectivity index (χ2v) is 2.51. The monoisotopic (exact) mass is 178 g/mol. The smallest absolute Gasteiger partial charge is 0.163 e. The largest absolute Gasteiger partial charge is 0.394 e. The van der Waals surface area contributed by atoms with Crippen LogP contribution in [0.25, 0.3) is 0 Å². The van der Waals surface area contributed by atoms with Crippen molar-refractivity contribution in [3.05, 3.63) is 0 Å². The molecule has 0 aliphatic rings. The molecule has 0 rings (SSSR count). The van der Waals surface area contributed by atoms with E-state index in [0.717, 1.165) is 0 Å². The van der Waals surface area contributed by atoms with Gasteiger partial charge in [0.1, 0.15) is 18.3 Å². The lowest BCUT2D eigenvalue weighted by Gasteiger charge is -2.19. The van der Waals surface area contributed by atoms with Gasteiger partial charge in [0.25, 0.3) is 0 Å². The Hall–Kier alpha value is -0.490. The van der Waals surface area contributed by atoms with Crippen LogP contribution in [-0.4, -0.2) is 51.1 Å². The van der Waals surface area contributed by atoms with Gasteiger partial charge in [-0.05, 0) is 0 Å². The van der Waals surface area contributed by atoms with E-state index in [1.165, 1.54) is 6.92 Å². The summed E-state index contributed by atoms with van der Waals surface area (Å²) in [6.07, 6.45) is -4.62. The summed E-state index contributed by atoms with van der Waals surface area (Å²) < 4.78 is 0. The summed E-state index contributed by atoms with van der Waals surface area (Å²) in [5, 5.41) is 35.2. The van der Waals surface area contributed by atoms with E-state index < -0.39 is 30.7 Å². The summed E-state index contributed by atoms with van der Waals surface area (Å²) in [6.45, 7) is 0.846. The van der Waals surface area contributed by atoms with Gasteiger partial charge in [0.05, 0.1) is 6.61 Å². The fourth-order valence-electron chi connectivity index (χ4n) is 0.718. The minimum absolute atomic E-state index is 0.0797. The van der Waals surface area contributed by atoms with Crippen LogP contribution in [0.3, 0.4) is 0 Å².